The maximum atomic E-state index is 3.36. The largest absolute Gasteiger partial charge is 0.147 e. The fourth-order valence-corrected chi connectivity index (χ4v) is 4.65. The summed E-state index contributed by atoms with van der Waals surface area (Å²) in [5.74, 6) is 2.24. The Labute approximate surface area is 329 Å². The second-order valence-corrected chi connectivity index (χ2v) is 20.4. The van der Waals surface area contributed by atoms with E-state index in [0.717, 1.165) is 0 Å². The van der Waals surface area contributed by atoms with Gasteiger partial charge >= 0.3 is 82.0 Å². The van der Waals surface area contributed by atoms with E-state index in [2.05, 4.69) is 163 Å². The summed E-state index contributed by atoms with van der Waals surface area (Å²) >= 11 is 2.53. The summed E-state index contributed by atoms with van der Waals surface area (Å²) in [6.45, 7) is 43.3. The van der Waals surface area contributed by atoms with E-state index < -0.39 is 0 Å². The Balaban J connectivity index is -0.000000234. The van der Waals surface area contributed by atoms with Crippen LogP contribution >= 0.6 is 24.8 Å². The topological polar surface area (TPSA) is 0 Å². The molecular formula is C42H66Cl2Hf2. The second-order valence-electron chi connectivity index (χ2n) is 13.2. The van der Waals surface area contributed by atoms with Crippen molar-refractivity contribution in [3.05, 3.63) is 91.2 Å². The van der Waals surface area contributed by atoms with E-state index in [-0.39, 0.29) is 24.8 Å². The van der Waals surface area contributed by atoms with E-state index in [4.69, 9.17) is 0 Å². The molecule has 4 rings (SSSR count). The number of halogens is 2. The zero-order chi connectivity index (χ0) is 35.2. The Morgan fingerprint density at radius 3 is 0.500 bits per heavy atom. The molecule has 0 aromatic rings. The summed E-state index contributed by atoms with van der Waals surface area (Å²) in [6, 6.07) is 0. The van der Waals surface area contributed by atoms with Gasteiger partial charge in [0, 0.05) is 0 Å². The van der Waals surface area contributed by atoms with E-state index in [1.807, 2.05) is 0 Å². The SMILES string of the molecule is CC1=[C-]C(C)C(C)=C1C.CC1=[C-]C(C)C(C)=C1C.CC1=[C-]C(C)C(C)=C1C.CC1=[C-]C(C)C(C)=C1C.C[C](C)=[Hf+2].C[C](C)=[Hf+2].Cl.Cl. The van der Waals surface area contributed by atoms with E-state index in [0.29, 0.717) is 23.7 Å². The molecule has 4 atom stereocenters. The molecule has 0 aromatic heterocycles. The fraction of sp³-hybridized carbons (Fsp3) is 0.571. The molecule has 4 aliphatic rings. The quantitative estimate of drug-likeness (QED) is 0.168. The van der Waals surface area contributed by atoms with Gasteiger partial charge in [-0.05, 0) is 0 Å². The molecule has 4 heteroatoms. The Kier molecular flexibility index (Phi) is 29.7. The van der Waals surface area contributed by atoms with E-state index in [1.165, 1.54) is 115 Å². The van der Waals surface area contributed by atoms with E-state index in [1.54, 1.807) is 6.51 Å². The van der Waals surface area contributed by atoms with Crippen LogP contribution in [0.15, 0.2) is 66.9 Å². The molecule has 256 valence electrons. The fourth-order valence-electron chi connectivity index (χ4n) is 4.65. The van der Waals surface area contributed by atoms with Crippen molar-refractivity contribution in [3.63, 3.8) is 0 Å². The van der Waals surface area contributed by atoms with Gasteiger partial charge in [0.1, 0.15) is 0 Å². The summed E-state index contributed by atoms with van der Waals surface area (Å²) in [4.78, 5) is 0. The first kappa shape index (κ1) is 52.8. The van der Waals surface area contributed by atoms with Crippen molar-refractivity contribution in [2.24, 2.45) is 23.7 Å². The average Bonchev–Trinajstić information content (AvgIpc) is 3.46. The second kappa shape index (κ2) is 25.9. The Hall–Kier alpha value is -0.0197. The molecule has 0 heterocycles. The predicted molar refractivity (Wildman–Crippen MR) is 207 cm³/mol. The summed E-state index contributed by atoms with van der Waals surface area (Å²) in [5, 5.41) is 0. The zero-order valence-electron chi connectivity index (χ0n) is 33.1. The number of rotatable bonds is 0. The van der Waals surface area contributed by atoms with Crippen LogP contribution in [0.3, 0.4) is 0 Å². The zero-order valence-corrected chi connectivity index (χ0v) is 41.9. The molecule has 0 amide bonds. The van der Waals surface area contributed by atoms with Crippen molar-refractivity contribution in [2.75, 3.05) is 0 Å². The third kappa shape index (κ3) is 19.8. The summed E-state index contributed by atoms with van der Waals surface area (Å²) in [6.07, 6.45) is 13.4. The molecule has 0 bridgehead atoms. The minimum atomic E-state index is 0. The van der Waals surface area contributed by atoms with Crippen LogP contribution < -0.4 is 0 Å². The van der Waals surface area contributed by atoms with Gasteiger partial charge < -0.3 is 0 Å². The third-order valence-electron chi connectivity index (χ3n) is 8.95. The Morgan fingerprint density at radius 1 is 0.370 bits per heavy atom. The van der Waals surface area contributed by atoms with Crippen LogP contribution in [0.4, 0.5) is 0 Å². The smallest absolute Gasteiger partial charge is 0.147 e. The van der Waals surface area contributed by atoms with Gasteiger partial charge in [0.2, 0.25) is 0 Å². The summed E-state index contributed by atoms with van der Waals surface area (Å²) in [5.41, 5.74) is 17.0. The van der Waals surface area contributed by atoms with Crippen LogP contribution in [0.25, 0.3) is 0 Å². The first-order chi connectivity index (χ1) is 20.0. The Bertz CT molecular complexity index is 1090. The monoisotopic (exact) mass is 1000 g/mol. The van der Waals surface area contributed by atoms with Gasteiger partial charge in [-0.3, -0.25) is 24.3 Å². The third-order valence-corrected chi connectivity index (χ3v) is 8.95. The molecule has 0 aromatic carbocycles. The van der Waals surface area contributed by atoms with E-state index >= 15 is 0 Å². The first-order valence-electron chi connectivity index (χ1n) is 16.1. The predicted octanol–water partition coefficient (Wildman–Crippen LogP) is 13.2. The average molecular weight is 999 g/mol. The van der Waals surface area contributed by atoms with Crippen molar-refractivity contribution < 1.29 is 47.8 Å². The van der Waals surface area contributed by atoms with Crippen molar-refractivity contribution >= 4 is 31.3 Å². The minimum absolute atomic E-state index is 0. The molecule has 0 radical (unpaired) electrons. The van der Waals surface area contributed by atoms with Gasteiger partial charge in [0.25, 0.3) is 0 Å². The van der Waals surface area contributed by atoms with Gasteiger partial charge in [-0.25, -0.2) is 22.3 Å². The standard InChI is InChI=1S/4C9H13.2C3H6.2ClH.2Hf/c4*1-6-5-7(2)9(4)8(6)3;2*1-3-2;;;;/h4*6H,1-4H3;2*1-2H3;2*1H;;/q4*-1;;;;;2*+2. The normalized spacial score (nSPS) is 22.4. The van der Waals surface area contributed by atoms with Crippen LogP contribution in [-0.4, -0.2) is 6.51 Å². The maximum absolute atomic E-state index is 3.36. The molecule has 0 aliphatic heterocycles. The molecule has 0 nitrogen and oxygen atoms in total. The first-order valence-corrected chi connectivity index (χ1v) is 19.7. The number of allylic oxidation sites excluding steroid dienone is 16. The molecule has 0 fully saturated rings. The van der Waals surface area contributed by atoms with Crippen molar-refractivity contribution in [2.45, 2.75) is 138 Å². The Morgan fingerprint density at radius 2 is 0.478 bits per heavy atom. The van der Waals surface area contributed by atoms with Crippen molar-refractivity contribution in [3.8, 4) is 0 Å². The molecule has 4 aliphatic carbocycles. The molecule has 0 spiro atoms. The number of hydrogen-bond acceptors (Lipinski definition) is 0. The maximum Gasteiger partial charge on any atom is -0.147 e. The van der Waals surface area contributed by atoms with Gasteiger partial charge in [-0.2, -0.15) is 44.6 Å². The van der Waals surface area contributed by atoms with Gasteiger partial charge in [0.05, 0.1) is 0 Å². The van der Waals surface area contributed by atoms with Crippen LogP contribution in [-0.2, 0) is 47.8 Å². The van der Waals surface area contributed by atoms with E-state index in [9.17, 15) is 0 Å². The van der Waals surface area contributed by atoms with Gasteiger partial charge in [-0.1, -0.05) is 107 Å². The van der Waals surface area contributed by atoms with Crippen LogP contribution in [0.1, 0.15) is 138 Å². The molecule has 0 N–H and O–H groups in total. The van der Waals surface area contributed by atoms with Crippen LogP contribution in [0.5, 0.6) is 0 Å². The summed E-state index contributed by atoms with van der Waals surface area (Å²) in [7, 11) is 0. The molecule has 46 heavy (non-hydrogen) atoms. The molecule has 0 saturated heterocycles. The van der Waals surface area contributed by atoms with Crippen molar-refractivity contribution in [1.82, 2.24) is 0 Å². The molecule has 4 unspecified atom stereocenters. The van der Waals surface area contributed by atoms with Gasteiger partial charge in [0.15, 0.2) is 0 Å². The van der Waals surface area contributed by atoms with Gasteiger partial charge in [-0.15, -0.1) is 52.5 Å². The van der Waals surface area contributed by atoms with Crippen molar-refractivity contribution in [1.29, 1.82) is 0 Å². The minimum Gasteiger partial charge on any atom is -0.147 e. The number of hydrogen-bond donors (Lipinski definition) is 0. The van der Waals surface area contributed by atoms with Crippen LogP contribution in [0, 0.1) is 48.0 Å². The molecule has 0 saturated carbocycles. The van der Waals surface area contributed by atoms with Crippen LogP contribution in [0.2, 0.25) is 0 Å². The summed E-state index contributed by atoms with van der Waals surface area (Å²) < 4.78 is 3.11. The molecular weight excluding hydrogens is 932 g/mol.